The number of H-pyrrole nitrogens is 1. The predicted octanol–water partition coefficient (Wildman–Crippen LogP) is -2.45. The van der Waals surface area contributed by atoms with Crippen molar-refractivity contribution in [2.45, 2.75) is 113 Å². The van der Waals surface area contributed by atoms with Gasteiger partial charge in [-0.2, -0.15) is 25.3 Å². The number of benzene rings is 2. The molecule has 24 heteroatoms. The first-order chi connectivity index (χ1) is 34.4. The van der Waals surface area contributed by atoms with Crippen LogP contribution >= 0.6 is 25.3 Å². The van der Waals surface area contributed by atoms with E-state index in [4.69, 9.17) is 17.2 Å². The summed E-state index contributed by atoms with van der Waals surface area (Å²) in [6.07, 6.45) is 2.43. The molecule has 4 rings (SSSR count). The van der Waals surface area contributed by atoms with Gasteiger partial charge in [0.05, 0.1) is 18.2 Å². The van der Waals surface area contributed by atoms with Crippen molar-refractivity contribution in [1.82, 2.24) is 47.2 Å². The quantitative estimate of drug-likeness (QED) is 0.0199. The van der Waals surface area contributed by atoms with E-state index in [1.807, 2.05) is 48.5 Å². The van der Waals surface area contributed by atoms with Crippen LogP contribution in [0.25, 0.3) is 10.9 Å². The Hall–Kier alpha value is -6.57. The van der Waals surface area contributed by atoms with Gasteiger partial charge in [-0.15, -0.1) is 0 Å². The van der Waals surface area contributed by atoms with Crippen molar-refractivity contribution < 1.29 is 48.6 Å². The second kappa shape index (κ2) is 29.1. The number of fused-ring (bicyclic) bond motifs is 1. The molecule has 72 heavy (non-hydrogen) atoms. The van der Waals surface area contributed by atoms with Crippen LogP contribution in [0.3, 0.4) is 0 Å². The molecule has 0 aliphatic rings. The number of amides is 8. The van der Waals surface area contributed by atoms with Crippen LogP contribution in [0.1, 0.15) is 49.8 Å². The van der Waals surface area contributed by atoms with E-state index in [1.165, 1.54) is 26.2 Å². The number of rotatable bonds is 29. The molecule has 0 fully saturated rings. The maximum absolute atomic E-state index is 14.6. The predicted molar refractivity (Wildman–Crippen MR) is 275 cm³/mol. The fourth-order valence-corrected chi connectivity index (χ4v) is 8.02. The summed E-state index contributed by atoms with van der Waals surface area (Å²) in [6, 6.07) is 8.61. The monoisotopic (exact) mass is 1030 g/mol. The van der Waals surface area contributed by atoms with Crippen LogP contribution < -0.4 is 54.4 Å². The van der Waals surface area contributed by atoms with Crippen LogP contribution in [0.5, 0.6) is 0 Å². The van der Waals surface area contributed by atoms with E-state index >= 15 is 0 Å². The highest BCUT2D eigenvalue weighted by atomic mass is 32.1. The van der Waals surface area contributed by atoms with Gasteiger partial charge >= 0.3 is 0 Å². The van der Waals surface area contributed by atoms with Crippen molar-refractivity contribution in [2.75, 3.05) is 18.1 Å². The summed E-state index contributed by atoms with van der Waals surface area (Å²) in [5.74, 6) is -7.46. The summed E-state index contributed by atoms with van der Waals surface area (Å²) < 4.78 is 0. The normalized spacial score (nSPS) is 15.4. The molecule has 2 aromatic carbocycles. The topological polar surface area (TPSA) is 368 Å². The maximum Gasteiger partial charge on any atom is 0.245 e. The Morgan fingerprint density at radius 3 is 1.69 bits per heavy atom. The van der Waals surface area contributed by atoms with E-state index < -0.39 is 108 Å². The van der Waals surface area contributed by atoms with Gasteiger partial charge in [-0.1, -0.05) is 54.6 Å². The summed E-state index contributed by atoms with van der Waals surface area (Å²) in [5.41, 5.74) is 19.9. The van der Waals surface area contributed by atoms with Crippen LogP contribution in [-0.4, -0.2) is 146 Å². The zero-order chi connectivity index (χ0) is 52.9. The second-order valence-corrected chi connectivity index (χ2v) is 18.0. The Morgan fingerprint density at radius 1 is 0.597 bits per heavy atom. The van der Waals surface area contributed by atoms with E-state index in [0.29, 0.717) is 24.0 Å². The third kappa shape index (κ3) is 17.6. The highest BCUT2D eigenvalue weighted by Gasteiger charge is 2.36. The number of nitrogens with zero attached hydrogens (tertiary/aromatic N) is 1. The lowest BCUT2D eigenvalue weighted by atomic mass is 10.0. The van der Waals surface area contributed by atoms with Crippen LogP contribution in [-0.2, 0) is 57.6 Å². The first-order valence-electron chi connectivity index (χ1n) is 23.3. The number of aromatic nitrogens is 2. The molecule has 0 unspecified atom stereocenters. The minimum atomic E-state index is -1.70. The number of primary amides is 1. The molecule has 0 aliphatic carbocycles. The molecule has 16 N–H and O–H groups in total. The Bertz CT molecular complexity index is 2450. The molecular formula is C48H66N12O10S2. The van der Waals surface area contributed by atoms with Gasteiger partial charge in [0.2, 0.25) is 47.3 Å². The number of carbonyl (C=O) groups excluding carboxylic acids is 8. The first-order valence-corrected chi connectivity index (χ1v) is 24.6. The number of thiol groups is 2. The average molecular weight is 1040 g/mol. The molecule has 22 nitrogen and oxygen atoms in total. The number of nitrogens with one attached hydrogen (secondary N) is 8. The van der Waals surface area contributed by atoms with Gasteiger partial charge in [-0.3, -0.25) is 43.3 Å². The zero-order valence-electron chi connectivity index (χ0n) is 40.0. The molecule has 8 amide bonds. The Morgan fingerprint density at radius 2 is 1.11 bits per heavy atom. The van der Waals surface area contributed by atoms with Crippen LogP contribution in [0, 0.1) is 0 Å². The smallest absolute Gasteiger partial charge is 0.245 e. The SMILES string of the molecule is C[C@@H](O)[C@H](NC(=O)[C@H](CS)NC(=O)[C@@H](NC(=O)[C@H](CCCCN)NC(=O)[C@@H](Cc1c[nH]c2ccccc12)NC(=O)[C@H](Cc1cccnc1)NC(=O)[C@@H](CS)NC(=O)[C@H](N)Cc1ccccc1)[C@@H](C)O)C(N)=O. The number of aliphatic hydroxyl groups is 2. The molecule has 0 saturated heterocycles. The number of hydrogen-bond acceptors (Lipinski definition) is 15. The van der Waals surface area contributed by atoms with Gasteiger partial charge in [0.25, 0.3) is 0 Å². The summed E-state index contributed by atoms with van der Waals surface area (Å²) in [6.45, 7) is 2.67. The van der Waals surface area contributed by atoms with Gasteiger partial charge in [-0.25, -0.2) is 0 Å². The molecule has 0 bridgehead atoms. The molecule has 0 saturated carbocycles. The molecule has 2 heterocycles. The highest BCUT2D eigenvalue weighted by Crippen LogP contribution is 2.20. The van der Waals surface area contributed by atoms with Crippen LogP contribution in [0.15, 0.2) is 85.3 Å². The Labute approximate surface area is 427 Å². The van der Waals surface area contributed by atoms with Gasteiger partial charge in [-0.05, 0) is 74.9 Å². The van der Waals surface area contributed by atoms with Crippen molar-refractivity contribution in [3.8, 4) is 0 Å². The van der Waals surface area contributed by atoms with Crippen molar-refractivity contribution in [1.29, 1.82) is 0 Å². The fraction of sp³-hybridized carbons (Fsp3) is 0.438. The molecule has 390 valence electrons. The summed E-state index contributed by atoms with van der Waals surface area (Å²) in [4.78, 5) is 116. The second-order valence-electron chi connectivity index (χ2n) is 17.2. The van der Waals surface area contributed by atoms with Crippen LogP contribution in [0.4, 0.5) is 0 Å². The number of unbranched alkanes of at least 4 members (excludes halogenated alkanes) is 1. The third-order valence-electron chi connectivity index (χ3n) is 11.5. The number of carbonyl (C=O) groups is 8. The van der Waals surface area contributed by atoms with Gasteiger partial charge < -0.3 is 69.6 Å². The van der Waals surface area contributed by atoms with Gasteiger partial charge in [0.15, 0.2) is 0 Å². The third-order valence-corrected chi connectivity index (χ3v) is 12.3. The highest BCUT2D eigenvalue weighted by molar-refractivity contribution is 7.80. The molecule has 4 aromatic rings. The summed E-state index contributed by atoms with van der Waals surface area (Å²) in [7, 11) is 0. The Kier molecular flexibility index (Phi) is 23.4. The number of hydrogen-bond donors (Lipinski definition) is 15. The molecule has 0 aliphatic heterocycles. The minimum Gasteiger partial charge on any atom is -0.391 e. The first kappa shape index (κ1) is 58.0. The van der Waals surface area contributed by atoms with Crippen LogP contribution in [0.2, 0.25) is 0 Å². The lowest BCUT2D eigenvalue weighted by molar-refractivity contribution is -0.137. The van der Waals surface area contributed by atoms with E-state index in [2.05, 4.69) is 72.4 Å². The van der Waals surface area contributed by atoms with Crippen molar-refractivity contribution in [3.63, 3.8) is 0 Å². The van der Waals surface area contributed by atoms with Crippen molar-refractivity contribution in [3.05, 3.63) is 102 Å². The molecular weight excluding hydrogens is 969 g/mol. The largest absolute Gasteiger partial charge is 0.391 e. The van der Waals surface area contributed by atoms with E-state index in [1.54, 1.807) is 24.4 Å². The van der Waals surface area contributed by atoms with Crippen molar-refractivity contribution in [2.24, 2.45) is 17.2 Å². The van der Waals surface area contributed by atoms with Gasteiger partial charge in [0, 0.05) is 53.8 Å². The number of para-hydroxylation sites is 1. The standard InChI is InChI=1S/C48H66N12O10S2/c1-26(61)39(41(51)63)59-47(69)38(25-72)58-48(70)40(27(2)62)60-43(65)34(16-8-9-17-49)54-45(67)36(21-30-23-53-33-15-7-6-14-31(30)33)56-44(66)35(20-29-13-10-18-52-22-29)55-46(68)37(24-71)57-42(64)32(50)19-28-11-4-3-5-12-28/h3-7,10-15,18,22-23,26-27,32,34-40,53,61-62,71-72H,8-9,16-17,19-21,24-25,49-50H2,1-2H3,(H2,51,63)(H,54,67)(H,55,68)(H,56,66)(H,57,64)(H,58,70)(H,59,69)(H,60,65)/t26-,27-,32-,34+,35+,36-,37-,38+,39+,40+/m1/s1. The number of nitrogens with two attached hydrogens (primary N) is 3. The van der Waals surface area contributed by atoms with Crippen molar-refractivity contribution >= 4 is 83.4 Å². The zero-order valence-corrected chi connectivity index (χ0v) is 41.7. The molecule has 0 spiro atoms. The fourth-order valence-electron chi connectivity index (χ4n) is 7.50. The van der Waals surface area contributed by atoms with E-state index in [0.717, 1.165) is 16.5 Å². The lowest BCUT2D eigenvalue weighted by Gasteiger charge is -2.28. The number of aliphatic hydroxyl groups excluding tert-OH is 2. The van der Waals surface area contributed by atoms with Gasteiger partial charge in [0.1, 0.15) is 42.3 Å². The minimum absolute atomic E-state index is 0.0161. The molecule has 2 aromatic heterocycles. The van der Waals surface area contributed by atoms with E-state index in [9.17, 15) is 48.6 Å². The Balaban J connectivity index is 1.61. The maximum atomic E-state index is 14.6. The molecule has 0 radical (unpaired) electrons. The number of aromatic amines is 1. The summed E-state index contributed by atoms with van der Waals surface area (Å²) in [5, 5.41) is 39.2. The number of pyridine rings is 1. The average Bonchev–Trinajstić information content (AvgIpc) is 3.77. The summed E-state index contributed by atoms with van der Waals surface area (Å²) >= 11 is 8.42. The van der Waals surface area contributed by atoms with E-state index in [-0.39, 0.29) is 43.7 Å². The molecule has 10 atom stereocenters. The lowest BCUT2D eigenvalue weighted by Crippen LogP contribution is -2.62.